The number of imidazole rings is 1. The van der Waals surface area contributed by atoms with E-state index in [1.54, 1.807) is 18.6 Å². The van der Waals surface area contributed by atoms with Crippen LogP contribution in [0.2, 0.25) is 10.0 Å². The molecule has 0 radical (unpaired) electrons. The molecule has 0 amide bonds. The molecular formula is C17H20Cl2N2. The number of hydrogen-bond donors (Lipinski definition) is 0. The van der Waals surface area contributed by atoms with Crippen LogP contribution < -0.4 is 0 Å². The third-order valence-corrected chi connectivity index (χ3v) is 3.95. The van der Waals surface area contributed by atoms with Crippen LogP contribution in [0.1, 0.15) is 44.6 Å². The zero-order chi connectivity index (χ0) is 15.1. The Morgan fingerprint density at radius 2 is 2.10 bits per heavy atom. The summed E-state index contributed by atoms with van der Waals surface area (Å²) in [5.74, 6) is 0. The van der Waals surface area contributed by atoms with Gasteiger partial charge in [0.2, 0.25) is 0 Å². The second-order valence-electron chi connectivity index (χ2n) is 5.10. The quantitative estimate of drug-likeness (QED) is 0.558. The van der Waals surface area contributed by atoms with Gasteiger partial charge in [-0.1, -0.05) is 55.5 Å². The minimum Gasteiger partial charge on any atom is -0.313 e. The molecule has 0 atom stereocenters. The van der Waals surface area contributed by atoms with E-state index in [0.717, 1.165) is 18.4 Å². The smallest absolute Gasteiger partial charge is 0.0986 e. The van der Waals surface area contributed by atoms with Crippen LogP contribution in [0.15, 0.2) is 36.9 Å². The Balaban J connectivity index is 2.22. The molecular weight excluding hydrogens is 303 g/mol. The number of rotatable bonds is 7. The standard InChI is InChI=1S/C17H20Cl2N2/c1-2-3-4-5-6-14(12-21-10-9-20-13-21)16-8-7-15(18)11-17(16)19/h7-13H,2-6H2,1H3. The summed E-state index contributed by atoms with van der Waals surface area (Å²) in [4.78, 5) is 4.08. The van der Waals surface area contributed by atoms with Crippen molar-refractivity contribution in [2.24, 2.45) is 0 Å². The zero-order valence-corrected chi connectivity index (χ0v) is 13.7. The highest BCUT2D eigenvalue weighted by Gasteiger charge is 2.08. The Kier molecular flexibility index (Phi) is 6.34. The van der Waals surface area contributed by atoms with E-state index in [1.807, 2.05) is 22.9 Å². The van der Waals surface area contributed by atoms with Crippen LogP contribution in [-0.4, -0.2) is 9.55 Å². The number of allylic oxidation sites excluding steroid dienone is 1. The fourth-order valence-electron chi connectivity index (χ4n) is 2.29. The van der Waals surface area contributed by atoms with Crippen LogP contribution >= 0.6 is 23.2 Å². The number of benzene rings is 1. The van der Waals surface area contributed by atoms with E-state index in [4.69, 9.17) is 23.2 Å². The Morgan fingerprint density at radius 3 is 2.76 bits per heavy atom. The first-order valence-corrected chi connectivity index (χ1v) is 8.10. The van der Waals surface area contributed by atoms with Crippen molar-refractivity contribution in [2.45, 2.75) is 39.0 Å². The number of halogens is 2. The maximum atomic E-state index is 6.35. The molecule has 1 aromatic heterocycles. The molecule has 0 aliphatic carbocycles. The highest BCUT2D eigenvalue weighted by Crippen LogP contribution is 2.30. The van der Waals surface area contributed by atoms with Crippen LogP contribution in [0.3, 0.4) is 0 Å². The van der Waals surface area contributed by atoms with Crippen molar-refractivity contribution in [1.82, 2.24) is 9.55 Å². The molecule has 0 N–H and O–H groups in total. The molecule has 1 aromatic carbocycles. The van der Waals surface area contributed by atoms with E-state index in [9.17, 15) is 0 Å². The summed E-state index contributed by atoms with van der Waals surface area (Å²) in [6.07, 6.45) is 13.5. The predicted octanol–water partition coefficient (Wildman–Crippen LogP) is 6.16. The fourth-order valence-corrected chi connectivity index (χ4v) is 2.82. The molecule has 0 fully saturated rings. The number of unbranched alkanes of at least 4 members (excludes halogenated alkanes) is 3. The zero-order valence-electron chi connectivity index (χ0n) is 12.2. The maximum absolute atomic E-state index is 6.35. The Bertz CT molecular complexity index is 589. The lowest BCUT2D eigenvalue weighted by atomic mass is 10.00. The van der Waals surface area contributed by atoms with E-state index < -0.39 is 0 Å². The largest absolute Gasteiger partial charge is 0.313 e. The summed E-state index contributed by atoms with van der Waals surface area (Å²) < 4.78 is 1.96. The van der Waals surface area contributed by atoms with Gasteiger partial charge >= 0.3 is 0 Å². The van der Waals surface area contributed by atoms with Crippen molar-refractivity contribution in [3.63, 3.8) is 0 Å². The first-order chi connectivity index (χ1) is 10.2. The van der Waals surface area contributed by atoms with Gasteiger partial charge in [0.25, 0.3) is 0 Å². The van der Waals surface area contributed by atoms with Crippen molar-refractivity contribution in [1.29, 1.82) is 0 Å². The third kappa shape index (κ3) is 4.90. The second-order valence-corrected chi connectivity index (χ2v) is 5.94. The summed E-state index contributed by atoms with van der Waals surface area (Å²) in [7, 11) is 0. The van der Waals surface area contributed by atoms with Gasteiger partial charge in [0.1, 0.15) is 0 Å². The van der Waals surface area contributed by atoms with Crippen molar-refractivity contribution in [3.8, 4) is 0 Å². The van der Waals surface area contributed by atoms with Gasteiger partial charge in [-0.2, -0.15) is 0 Å². The lowest BCUT2D eigenvalue weighted by Gasteiger charge is -2.11. The molecule has 2 rings (SSSR count). The van der Waals surface area contributed by atoms with Crippen molar-refractivity contribution >= 4 is 35.0 Å². The molecule has 4 heteroatoms. The lowest BCUT2D eigenvalue weighted by molar-refractivity contribution is 0.679. The lowest BCUT2D eigenvalue weighted by Crippen LogP contribution is -1.91. The van der Waals surface area contributed by atoms with Gasteiger partial charge in [-0.05, 0) is 36.1 Å². The second kappa shape index (κ2) is 8.26. The van der Waals surface area contributed by atoms with Gasteiger partial charge in [-0.3, -0.25) is 0 Å². The Morgan fingerprint density at radius 1 is 1.24 bits per heavy atom. The first kappa shape index (κ1) is 16.1. The Hall–Kier alpha value is -1.25. The summed E-state index contributed by atoms with van der Waals surface area (Å²) in [6, 6.07) is 5.68. The van der Waals surface area contributed by atoms with E-state index in [-0.39, 0.29) is 0 Å². The minimum atomic E-state index is 0.664. The van der Waals surface area contributed by atoms with E-state index in [0.29, 0.717) is 10.0 Å². The third-order valence-electron chi connectivity index (χ3n) is 3.41. The SMILES string of the molecule is CCCCCCC(=Cn1ccnc1)c1ccc(Cl)cc1Cl. The van der Waals surface area contributed by atoms with Crippen LogP contribution in [-0.2, 0) is 0 Å². The highest BCUT2D eigenvalue weighted by molar-refractivity contribution is 6.35. The van der Waals surface area contributed by atoms with Crippen molar-refractivity contribution in [3.05, 3.63) is 52.5 Å². The monoisotopic (exact) mass is 322 g/mol. The normalized spacial score (nSPS) is 11.9. The molecule has 0 unspecified atom stereocenters. The van der Waals surface area contributed by atoms with Gasteiger partial charge in [0.15, 0.2) is 0 Å². The predicted molar refractivity (Wildman–Crippen MR) is 91.6 cm³/mol. The van der Waals surface area contributed by atoms with Crippen molar-refractivity contribution in [2.75, 3.05) is 0 Å². The molecule has 0 aliphatic rings. The Labute approximate surface area is 136 Å². The summed E-state index contributed by atoms with van der Waals surface area (Å²) in [5, 5.41) is 1.36. The summed E-state index contributed by atoms with van der Waals surface area (Å²) in [6.45, 7) is 2.22. The summed E-state index contributed by atoms with van der Waals surface area (Å²) in [5.41, 5.74) is 2.26. The van der Waals surface area contributed by atoms with E-state index in [2.05, 4.69) is 18.1 Å². The molecule has 0 bridgehead atoms. The molecule has 1 heterocycles. The van der Waals surface area contributed by atoms with Gasteiger partial charge in [-0.25, -0.2) is 4.98 Å². The topological polar surface area (TPSA) is 17.8 Å². The van der Waals surface area contributed by atoms with E-state index >= 15 is 0 Å². The van der Waals surface area contributed by atoms with Crippen LogP contribution in [0.4, 0.5) is 0 Å². The summed E-state index contributed by atoms with van der Waals surface area (Å²) >= 11 is 12.3. The number of nitrogens with zero attached hydrogens (tertiary/aromatic N) is 2. The van der Waals surface area contributed by atoms with Crippen LogP contribution in [0.25, 0.3) is 11.8 Å². The maximum Gasteiger partial charge on any atom is 0.0986 e. The van der Waals surface area contributed by atoms with Crippen LogP contribution in [0, 0.1) is 0 Å². The molecule has 0 saturated carbocycles. The minimum absolute atomic E-state index is 0.664. The average Bonchev–Trinajstić information content (AvgIpc) is 2.95. The van der Waals surface area contributed by atoms with Crippen molar-refractivity contribution < 1.29 is 0 Å². The molecule has 0 spiro atoms. The van der Waals surface area contributed by atoms with E-state index in [1.165, 1.54) is 24.8 Å². The van der Waals surface area contributed by atoms with Gasteiger partial charge in [0.05, 0.1) is 6.33 Å². The number of hydrogen-bond acceptors (Lipinski definition) is 1. The molecule has 0 saturated heterocycles. The molecule has 112 valence electrons. The molecule has 2 nitrogen and oxygen atoms in total. The van der Waals surface area contributed by atoms with Gasteiger partial charge in [-0.15, -0.1) is 0 Å². The molecule has 2 aromatic rings. The average molecular weight is 323 g/mol. The van der Waals surface area contributed by atoms with Gasteiger partial charge < -0.3 is 4.57 Å². The highest BCUT2D eigenvalue weighted by atomic mass is 35.5. The molecule has 21 heavy (non-hydrogen) atoms. The fraction of sp³-hybridized carbons (Fsp3) is 0.353. The number of aromatic nitrogens is 2. The first-order valence-electron chi connectivity index (χ1n) is 7.34. The molecule has 0 aliphatic heterocycles. The van der Waals surface area contributed by atoms with Gasteiger partial charge in [0, 0.05) is 28.6 Å². The van der Waals surface area contributed by atoms with Crippen LogP contribution in [0.5, 0.6) is 0 Å².